The van der Waals surface area contributed by atoms with Gasteiger partial charge in [-0.15, -0.1) is 0 Å². The molecule has 26 N–H and O–H groups in total. The summed E-state index contributed by atoms with van der Waals surface area (Å²) in [4.78, 5) is 65.5. The molecule has 0 bridgehead atoms. The summed E-state index contributed by atoms with van der Waals surface area (Å²) in [5, 5.41) is 270. The Morgan fingerprint density at radius 1 is 0.404 bits per heavy atom. The summed E-state index contributed by atoms with van der Waals surface area (Å²) in [5.74, 6) is -9.94. The standard InChI is InChI=1S/C64H110N4O44Si.Na/c1-19(77)65-32-23(81)10-64(63(95)96,111-53(32)36(83)24(82)11-69)112-55-47(94)62(104-31(18-76)51(55)108-56-33(66-20(2)78)40(87)37(84)25(12-70)98-56)105-48-28(15-73)101-57(34(41(48)88)67-21(3)79)110-54-46(93)61(106-49-29(16-74)102-59(45(92)43(49)90)97-8-9-113(5,6)7)103-30(17-75)50(54)107-58-35(68-22(4)80)52(39(86)27(14-72)99-58)109-60-44(91)42(89)38(85)26(13-71)100-60;/h23-62,69-76,81-94H,8-18H2,1-7H3,(H,65,77)(H,66,78)(H,67,79)(H,68,80)(H,95,96);/q;+1/p-1/t23-,24+,25+,26+,27+,28+,29+,30+,31+,32+,33+,34+,35+,36+,37-,38-,39-,40+,41+,42-,43+,44+,45+,46+,47+,48+,49+,50-,51-,52+,53+,54+,55+,56-,57-,58-,59+,60-,61-,62-,64-;/m0./s1. The molecule has 48 nitrogen and oxygen atoms in total. The maximum Gasteiger partial charge on any atom is 1.00 e. The van der Waals surface area contributed by atoms with Gasteiger partial charge < -0.3 is 219 Å². The number of carbonyl (C=O) groups is 5. The number of rotatable bonds is 33. The number of hydrogen-bond donors (Lipinski definition) is 26. The Balaban J connectivity index is 0.0000180. The number of aliphatic hydroxyl groups is 22. The van der Waals surface area contributed by atoms with Crippen molar-refractivity contribution in [2.45, 2.75) is 311 Å². The fourth-order valence-corrected chi connectivity index (χ4v) is 15.1. The summed E-state index contributed by atoms with van der Waals surface area (Å²) in [7, 11) is -1.79. The maximum absolute atomic E-state index is 13.7. The number of nitrogens with one attached hydrogen (secondary N) is 4. The van der Waals surface area contributed by atoms with Crippen LogP contribution >= 0.6 is 0 Å². The third kappa shape index (κ3) is 22.7. The van der Waals surface area contributed by atoms with Gasteiger partial charge in [0.1, 0.15) is 195 Å². The van der Waals surface area contributed by atoms with E-state index >= 15 is 0 Å². The van der Waals surface area contributed by atoms with Gasteiger partial charge in [-0.05, 0) is 6.04 Å². The largest absolute Gasteiger partial charge is 1.00 e. The average molecular weight is 1690 g/mol. The van der Waals surface area contributed by atoms with Crippen molar-refractivity contribution in [2.24, 2.45) is 0 Å². The molecule has 0 aromatic rings. The molecule has 114 heavy (non-hydrogen) atoms. The Hall–Kier alpha value is -2.95. The Labute approximate surface area is 673 Å². The fraction of sp³-hybridized carbons (Fsp3) is 0.922. The molecular weight excluding hydrogens is 1580 g/mol. The molecule has 0 aliphatic carbocycles. The van der Waals surface area contributed by atoms with Gasteiger partial charge in [-0.25, -0.2) is 0 Å². The molecule has 0 spiro atoms. The minimum absolute atomic E-state index is 0. The number of carboxylic acid groups (broad SMARTS) is 1. The molecule has 0 unspecified atom stereocenters. The first kappa shape index (κ1) is 98.2. The van der Waals surface area contributed by atoms with Gasteiger partial charge in [-0.3, -0.25) is 19.2 Å². The number of carboxylic acids is 1. The molecule has 8 fully saturated rings. The van der Waals surface area contributed by atoms with E-state index in [-0.39, 0.29) is 36.2 Å². The van der Waals surface area contributed by atoms with Crippen LogP contribution in [0.25, 0.3) is 0 Å². The van der Waals surface area contributed by atoms with Gasteiger partial charge in [0.05, 0.1) is 65.0 Å². The van der Waals surface area contributed by atoms with Gasteiger partial charge in [-0.1, -0.05) is 19.6 Å². The predicted molar refractivity (Wildman–Crippen MR) is 357 cm³/mol. The van der Waals surface area contributed by atoms with Crippen molar-refractivity contribution in [1.29, 1.82) is 0 Å². The molecule has 0 aromatic heterocycles. The third-order valence-corrected chi connectivity index (χ3v) is 22.0. The normalized spacial score (nSPS) is 44.8. The first-order valence-corrected chi connectivity index (χ1v) is 40.1. The van der Waals surface area contributed by atoms with E-state index in [4.69, 9.17) is 75.8 Å². The van der Waals surface area contributed by atoms with Gasteiger partial charge in [-0.2, -0.15) is 0 Å². The van der Waals surface area contributed by atoms with Crippen LogP contribution in [-0.2, 0) is 99.8 Å². The Morgan fingerprint density at radius 3 is 1.23 bits per heavy atom. The number of carbonyl (C=O) groups excluding carboxylic acids is 5. The molecular formula is C64H109N4NaO44Si. The molecule has 8 rings (SSSR count). The van der Waals surface area contributed by atoms with E-state index in [1.165, 1.54) is 0 Å². The summed E-state index contributed by atoms with van der Waals surface area (Å²) < 4.78 is 96.5. The summed E-state index contributed by atoms with van der Waals surface area (Å²) >= 11 is 0. The second-order valence-electron chi connectivity index (χ2n) is 29.9. The zero-order valence-electron chi connectivity index (χ0n) is 63.2. The number of aliphatic carboxylic acids is 1. The topological polar surface area (TPSA) is 749 Å². The number of ether oxygens (including phenoxy) is 16. The second kappa shape index (κ2) is 42.7. The summed E-state index contributed by atoms with van der Waals surface area (Å²) in [6.45, 7) is 0.370. The quantitative estimate of drug-likeness (QED) is 0.0271. The molecule has 0 aromatic carbocycles. The van der Waals surface area contributed by atoms with Crippen LogP contribution in [0.2, 0.25) is 25.7 Å². The second-order valence-corrected chi connectivity index (χ2v) is 35.5. The van der Waals surface area contributed by atoms with Gasteiger partial charge in [0.15, 0.2) is 44.0 Å². The minimum Gasteiger partial charge on any atom is -0.544 e. The number of amides is 4. The third-order valence-electron chi connectivity index (χ3n) is 20.3. The molecule has 8 saturated heterocycles. The van der Waals surface area contributed by atoms with Crippen molar-refractivity contribution in [3.05, 3.63) is 0 Å². The Bertz CT molecular complexity index is 3040. The van der Waals surface area contributed by atoms with Gasteiger partial charge >= 0.3 is 29.6 Å². The first-order valence-electron chi connectivity index (χ1n) is 36.4. The van der Waals surface area contributed by atoms with Crippen molar-refractivity contribution >= 4 is 37.7 Å². The Kier molecular flexibility index (Phi) is 36.8. The summed E-state index contributed by atoms with van der Waals surface area (Å²) in [6, 6.07) is -7.31. The van der Waals surface area contributed by atoms with Crippen LogP contribution in [0.3, 0.4) is 0 Å². The molecule has 0 saturated carbocycles. The van der Waals surface area contributed by atoms with E-state index < -0.39 is 348 Å². The van der Waals surface area contributed by atoms with Crippen LogP contribution in [0, 0.1) is 0 Å². The van der Waals surface area contributed by atoms with E-state index in [0.29, 0.717) is 6.04 Å². The molecule has 8 heterocycles. The van der Waals surface area contributed by atoms with Crippen molar-refractivity contribution in [2.75, 3.05) is 59.5 Å². The number of aliphatic hydroxyl groups excluding tert-OH is 22. The first-order chi connectivity index (χ1) is 53.2. The molecule has 4 amide bonds. The molecule has 654 valence electrons. The SMILES string of the molecule is CC(=O)N[C@H]1[C@H](O[C@@H]2[C@@H](O)[C@H](O[C@H]3[C@H](O)[C@@H](O)[C@H](OCC[Si](C)(C)C)O[C@@H]3CO)O[C@H](CO)[C@@H]2O[C@@H]2O[C@H](CO)[C@H](O)[C@H](O[C@@H]3O[C@H](CO)[C@H](O)[C@H](O)[C@H]3O)[C@H]2NC(C)=O)O[C@H](CO)[C@@H](O[C@@H]2O[C@H](CO)[C@H](O[C@@H]3O[C@H](CO)[C@H](O)[C@H](O)[C@H]3NC(C)=O)[C@H](O[C@]3(C(=O)[O-])C[C@H](O)[C@@H](NC(C)=O)[C@H]([C@H](O)[C@H](O)CO)O3)[C@H]2O)[C@@H]1O.[Na+]. The molecule has 0 radical (unpaired) electrons. The van der Waals surface area contributed by atoms with E-state index in [9.17, 15) is 141 Å². The molecule has 8 aliphatic heterocycles. The van der Waals surface area contributed by atoms with Gasteiger partial charge in [0.2, 0.25) is 29.4 Å². The van der Waals surface area contributed by atoms with Crippen LogP contribution in [0.5, 0.6) is 0 Å². The van der Waals surface area contributed by atoms with E-state index in [1.807, 2.05) is 19.6 Å². The zero-order valence-corrected chi connectivity index (χ0v) is 66.2. The summed E-state index contributed by atoms with van der Waals surface area (Å²) in [5.41, 5.74) is 0. The van der Waals surface area contributed by atoms with Crippen molar-refractivity contribution in [3.63, 3.8) is 0 Å². The Morgan fingerprint density at radius 2 is 0.754 bits per heavy atom. The maximum atomic E-state index is 13.7. The van der Waals surface area contributed by atoms with Crippen LogP contribution < -0.4 is 55.9 Å². The molecule has 50 heteroatoms. The van der Waals surface area contributed by atoms with Gasteiger partial charge in [0.25, 0.3) is 0 Å². The summed E-state index contributed by atoms with van der Waals surface area (Å²) in [6.07, 6.45) is -78.8. The van der Waals surface area contributed by atoms with Crippen molar-refractivity contribution in [3.8, 4) is 0 Å². The van der Waals surface area contributed by atoms with E-state index in [2.05, 4.69) is 21.3 Å². The molecule has 8 aliphatic rings. The predicted octanol–water partition coefficient (Wildman–Crippen LogP) is -20.6. The fourth-order valence-electron chi connectivity index (χ4n) is 14.4. The van der Waals surface area contributed by atoms with Crippen LogP contribution in [0.4, 0.5) is 0 Å². The van der Waals surface area contributed by atoms with Gasteiger partial charge in [0, 0.05) is 48.8 Å². The van der Waals surface area contributed by atoms with Crippen LogP contribution in [-0.4, -0.2) is 460 Å². The monoisotopic (exact) mass is 1690 g/mol. The number of hydrogen-bond acceptors (Lipinski definition) is 44. The minimum atomic E-state index is -3.58. The van der Waals surface area contributed by atoms with E-state index in [1.54, 1.807) is 0 Å². The smallest absolute Gasteiger partial charge is 0.544 e. The molecule has 41 atom stereocenters. The zero-order chi connectivity index (χ0) is 83.9. The van der Waals surface area contributed by atoms with Crippen LogP contribution in [0.1, 0.15) is 34.1 Å². The average Bonchev–Trinajstić information content (AvgIpc) is 0.763. The van der Waals surface area contributed by atoms with Crippen LogP contribution in [0.15, 0.2) is 0 Å². The van der Waals surface area contributed by atoms with E-state index in [0.717, 1.165) is 27.7 Å². The van der Waals surface area contributed by atoms with Crippen molar-refractivity contribution < 1.29 is 247 Å². The van der Waals surface area contributed by atoms with Crippen molar-refractivity contribution in [1.82, 2.24) is 21.3 Å².